The standard InChI is InChI=1S/C17H27N/c1-15(2)18-14-17(11-7-4-8-12-17)13-16-9-5-3-6-10-16/h3,5-6,9-10,15,18H,4,7-8,11-14H2,1-2H3. The fraction of sp³-hybridized carbons (Fsp3) is 0.647. The summed E-state index contributed by atoms with van der Waals surface area (Å²) in [6.07, 6.45) is 8.27. The molecule has 0 radical (unpaired) electrons. The van der Waals surface area contributed by atoms with Crippen molar-refractivity contribution in [3.05, 3.63) is 35.9 Å². The Balaban J connectivity index is 2.04. The van der Waals surface area contributed by atoms with Crippen molar-refractivity contribution in [3.8, 4) is 0 Å². The summed E-state index contributed by atoms with van der Waals surface area (Å²) in [5.41, 5.74) is 2.01. The summed E-state index contributed by atoms with van der Waals surface area (Å²) in [6, 6.07) is 11.6. The van der Waals surface area contributed by atoms with E-state index in [1.807, 2.05) is 0 Å². The van der Waals surface area contributed by atoms with Crippen LogP contribution >= 0.6 is 0 Å². The van der Waals surface area contributed by atoms with Crippen LogP contribution < -0.4 is 5.32 Å². The van der Waals surface area contributed by atoms with Crippen molar-refractivity contribution >= 4 is 0 Å². The van der Waals surface area contributed by atoms with Gasteiger partial charge in [-0.15, -0.1) is 0 Å². The van der Waals surface area contributed by atoms with Crippen LogP contribution in [0.3, 0.4) is 0 Å². The summed E-state index contributed by atoms with van der Waals surface area (Å²) in [5, 5.41) is 3.68. The Bertz CT molecular complexity index is 336. The van der Waals surface area contributed by atoms with Crippen LogP contribution in [0.4, 0.5) is 0 Å². The summed E-state index contributed by atoms with van der Waals surface area (Å²) in [4.78, 5) is 0. The first-order valence-corrected chi connectivity index (χ1v) is 7.48. The minimum absolute atomic E-state index is 0.504. The number of nitrogens with one attached hydrogen (secondary N) is 1. The van der Waals surface area contributed by atoms with Gasteiger partial charge in [0, 0.05) is 12.6 Å². The van der Waals surface area contributed by atoms with Gasteiger partial charge in [-0.1, -0.05) is 63.4 Å². The van der Waals surface area contributed by atoms with Crippen LogP contribution in [-0.4, -0.2) is 12.6 Å². The van der Waals surface area contributed by atoms with Gasteiger partial charge in [0.05, 0.1) is 0 Å². The third-order valence-corrected chi connectivity index (χ3v) is 4.22. The molecule has 100 valence electrons. The lowest BCUT2D eigenvalue weighted by Crippen LogP contribution is -2.40. The molecule has 2 rings (SSSR count). The van der Waals surface area contributed by atoms with Crippen molar-refractivity contribution < 1.29 is 0 Å². The molecule has 0 bridgehead atoms. The van der Waals surface area contributed by atoms with Crippen LogP contribution in [0.2, 0.25) is 0 Å². The highest BCUT2D eigenvalue weighted by atomic mass is 14.9. The molecule has 1 aromatic rings. The first kappa shape index (κ1) is 13.6. The molecule has 1 aromatic carbocycles. The molecule has 1 N–H and O–H groups in total. The fourth-order valence-corrected chi connectivity index (χ4v) is 3.17. The lowest BCUT2D eigenvalue weighted by molar-refractivity contribution is 0.176. The molecule has 0 amide bonds. The number of benzene rings is 1. The molecule has 0 aliphatic heterocycles. The third kappa shape index (κ3) is 3.84. The first-order chi connectivity index (χ1) is 8.70. The number of hydrogen-bond donors (Lipinski definition) is 1. The monoisotopic (exact) mass is 245 g/mol. The van der Waals surface area contributed by atoms with Gasteiger partial charge in [0.2, 0.25) is 0 Å². The van der Waals surface area contributed by atoms with Crippen LogP contribution in [0, 0.1) is 5.41 Å². The smallest absolute Gasteiger partial charge is 0.00134 e. The number of rotatable bonds is 5. The van der Waals surface area contributed by atoms with E-state index >= 15 is 0 Å². The lowest BCUT2D eigenvalue weighted by Gasteiger charge is -2.38. The second-order valence-corrected chi connectivity index (χ2v) is 6.26. The fourth-order valence-electron chi connectivity index (χ4n) is 3.17. The summed E-state index contributed by atoms with van der Waals surface area (Å²) < 4.78 is 0. The predicted molar refractivity (Wildman–Crippen MR) is 78.8 cm³/mol. The molecule has 1 heteroatoms. The van der Waals surface area contributed by atoms with Crippen molar-refractivity contribution in [2.75, 3.05) is 6.54 Å². The van der Waals surface area contributed by atoms with E-state index in [4.69, 9.17) is 0 Å². The van der Waals surface area contributed by atoms with Gasteiger partial charge in [-0.05, 0) is 30.2 Å². The minimum atomic E-state index is 0.504. The van der Waals surface area contributed by atoms with Gasteiger partial charge >= 0.3 is 0 Å². The molecular formula is C17H27N. The average Bonchev–Trinajstić information content (AvgIpc) is 2.39. The van der Waals surface area contributed by atoms with E-state index in [1.165, 1.54) is 50.6 Å². The highest BCUT2D eigenvalue weighted by Crippen LogP contribution is 2.38. The van der Waals surface area contributed by atoms with Gasteiger partial charge < -0.3 is 5.32 Å². The maximum absolute atomic E-state index is 3.68. The third-order valence-electron chi connectivity index (χ3n) is 4.22. The van der Waals surface area contributed by atoms with Gasteiger partial charge in [0.1, 0.15) is 0 Å². The van der Waals surface area contributed by atoms with E-state index < -0.39 is 0 Å². The topological polar surface area (TPSA) is 12.0 Å². The zero-order chi connectivity index (χ0) is 12.8. The minimum Gasteiger partial charge on any atom is -0.314 e. The summed E-state index contributed by atoms with van der Waals surface area (Å²) in [7, 11) is 0. The van der Waals surface area contributed by atoms with Gasteiger partial charge in [-0.2, -0.15) is 0 Å². The number of hydrogen-bond acceptors (Lipinski definition) is 1. The Kier molecular flexibility index (Phi) is 4.82. The Morgan fingerprint density at radius 2 is 1.72 bits per heavy atom. The van der Waals surface area contributed by atoms with E-state index in [0.29, 0.717) is 11.5 Å². The van der Waals surface area contributed by atoms with Crippen molar-refractivity contribution in [1.82, 2.24) is 5.32 Å². The van der Waals surface area contributed by atoms with E-state index in [1.54, 1.807) is 0 Å². The zero-order valence-electron chi connectivity index (χ0n) is 11.9. The largest absolute Gasteiger partial charge is 0.314 e. The molecule has 1 fully saturated rings. The molecule has 0 unspecified atom stereocenters. The highest BCUT2D eigenvalue weighted by Gasteiger charge is 2.31. The molecule has 0 heterocycles. The van der Waals surface area contributed by atoms with Crippen LogP contribution in [-0.2, 0) is 6.42 Å². The Hall–Kier alpha value is -0.820. The lowest BCUT2D eigenvalue weighted by atomic mass is 9.70. The van der Waals surface area contributed by atoms with Crippen LogP contribution in [0.5, 0.6) is 0 Å². The van der Waals surface area contributed by atoms with Gasteiger partial charge in [-0.25, -0.2) is 0 Å². The maximum atomic E-state index is 3.68. The Morgan fingerprint density at radius 1 is 1.06 bits per heavy atom. The highest BCUT2D eigenvalue weighted by molar-refractivity contribution is 5.17. The molecule has 0 aromatic heterocycles. The van der Waals surface area contributed by atoms with Crippen molar-refractivity contribution in [1.29, 1.82) is 0 Å². The molecule has 0 atom stereocenters. The van der Waals surface area contributed by atoms with E-state index in [-0.39, 0.29) is 0 Å². The molecule has 0 spiro atoms. The molecular weight excluding hydrogens is 218 g/mol. The van der Waals surface area contributed by atoms with Crippen LogP contribution in [0.1, 0.15) is 51.5 Å². The zero-order valence-corrected chi connectivity index (χ0v) is 11.9. The summed E-state index contributed by atoms with van der Waals surface area (Å²) >= 11 is 0. The molecule has 18 heavy (non-hydrogen) atoms. The van der Waals surface area contributed by atoms with E-state index in [2.05, 4.69) is 49.5 Å². The summed E-state index contributed by atoms with van der Waals surface area (Å²) in [6.45, 7) is 5.68. The van der Waals surface area contributed by atoms with E-state index in [0.717, 1.165) is 0 Å². The van der Waals surface area contributed by atoms with Gasteiger partial charge in [0.15, 0.2) is 0 Å². The van der Waals surface area contributed by atoms with Gasteiger partial charge in [0.25, 0.3) is 0 Å². The molecule has 1 aliphatic carbocycles. The van der Waals surface area contributed by atoms with Gasteiger partial charge in [-0.3, -0.25) is 0 Å². The van der Waals surface area contributed by atoms with Crippen molar-refractivity contribution in [2.45, 2.75) is 58.4 Å². The predicted octanol–water partition coefficient (Wildman–Crippen LogP) is 4.18. The van der Waals surface area contributed by atoms with Crippen LogP contribution in [0.15, 0.2) is 30.3 Å². The van der Waals surface area contributed by atoms with Crippen molar-refractivity contribution in [3.63, 3.8) is 0 Å². The second-order valence-electron chi connectivity index (χ2n) is 6.26. The quantitative estimate of drug-likeness (QED) is 0.820. The molecule has 0 saturated heterocycles. The summed E-state index contributed by atoms with van der Waals surface area (Å²) in [5.74, 6) is 0. The SMILES string of the molecule is CC(C)NCC1(Cc2ccccc2)CCCCC1. The average molecular weight is 245 g/mol. The molecule has 1 saturated carbocycles. The van der Waals surface area contributed by atoms with Crippen LogP contribution in [0.25, 0.3) is 0 Å². The maximum Gasteiger partial charge on any atom is 0.00134 e. The van der Waals surface area contributed by atoms with Crippen molar-refractivity contribution in [2.24, 2.45) is 5.41 Å². The Morgan fingerprint density at radius 3 is 2.33 bits per heavy atom. The molecule has 1 aliphatic rings. The normalized spacial score (nSPS) is 19.1. The first-order valence-electron chi connectivity index (χ1n) is 7.48. The Labute approximate surface area is 112 Å². The second kappa shape index (κ2) is 6.38. The van der Waals surface area contributed by atoms with E-state index in [9.17, 15) is 0 Å². The molecule has 1 nitrogen and oxygen atoms in total.